The minimum Gasteiger partial charge on any atom is -0.382 e. The van der Waals surface area contributed by atoms with Gasteiger partial charge in [-0.15, -0.1) is 0 Å². The van der Waals surface area contributed by atoms with E-state index in [-0.39, 0.29) is 0 Å². The fourth-order valence-corrected chi connectivity index (χ4v) is 2.08. The Bertz CT molecular complexity index is 494. The second-order valence-corrected chi connectivity index (χ2v) is 4.17. The molecule has 94 valence electrons. The van der Waals surface area contributed by atoms with Crippen molar-refractivity contribution >= 4 is 5.69 Å². The summed E-state index contributed by atoms with van der Waals surface area (Å²) in [5, 5.41) is 0. The lowest BCUT2D eigenvalue weighted by Crippen LogP contribution is -2.08. The van der Waals surface area contributed by atoms with Gasteiger partial charge in [-0.2, -0.15) is 0 Å². The van der Waals surface area contributed by atoms with Gasteiger partial charge in [-0.05, 0) is 42.2 Å². The molecule has 0 amide bonds. The first-order valence-electron chi connectivity index (χ1n) is 6.43. The molecular formula is C16H19NO. The van der Waals surface area contributed by atoms with Gasteiger partial charge in [0.05, 0.1) is 5.69 Å². The minimum atomic E-state index is 0.821. The van der Waals surface area contributed by atoms with Crippen molar-refractivity contribution in [3.8, 4) is 5.75 Å². The van der Waals surface area contributed by atoms with Gasteiger partial charge in [-0.1, -0.05) is 44.2 Å². The fraction of sp³-hybridized carbons (Fsp3) is 0.250. The van der Waals surface area contributed by atoms with E-state index in [9.17, 15) is 0 Å². The monoisotopic (exact) mass is 241 g/mol. The third-order valence-electron chi connectivity index (χ3n) is 3.03. The lowest BCUT2D eigenvalue weighted by atomic mass is 10.0. The molecule has 0 aliphatic carbocycles. The van der Waals surface area contributed by atoms with Crippen LogP contribution in [0.5, 0.6) is 5.75 Å². The van der Waals surface area contributed by atoms with Crippen LogP contribution in [0.25, 0.3) is 0 Å². The molecule has 2 nitrogen and oxygen atoms in total. The van der Waals surface area contributed by atoms with Crippen LogP contribution in [-0.4, -0.2) is 0 Å². The van der Waals surface area contributed by atoms with Crippen LogP contribution in [0.15, 0.2) is 48.5 Å². The molecule has 2 heteroatoms. The van der Waals surface area contributed by atoms with Crippen LogP contribution < -0.4 is 10.3 Å². The number of nitrogens with one attached hydrogen (secondary N) is 1. The van der Waals surface area contributed by atoms with Crippen LogP contribution in [0.1, 0.15) is 25.0 Å². The molecule has 0 unspecified atom stereocenters. The molecule has 0 saturated carbocycles. The Morgan fingerprint density at radius 2 is 1.67 bits per heavy atom. The van der Waals surface area contributed by atoms with Gasteiger partial charge in [-0.3, -0.25) is 0 Å². The number of rotatable bonds is 5. The lowest BCUT2D eigenvalue weighted by molar-refractivity contribution is 0.404. The summed E-state index contributed by atoms with van der Waals surface area (Å²) in [4.78, 5) is 5.58. The molecule has 1 N–H and O–H groups in total. The van der Waals surface area contributed by atoms with E-state index < -0.39 is 0 Å². The standard InChI is InChI=1S/C16H19NO/c1-3-13-9-8-12-16(15(13)4-2)17-18-14-10-6-5-7-11-14/h5-12,17H,3-4H2,1-2H3. The minimum absolute atomic E-state index is 0.821. The molecule has 2 aromatic rings. The zero-order valence-electron chi connectivity index (χ0n) is 10.9. The van der Waals surface area contributed by atoms with Crippen molar-refractivity contribution in [2.45, 2.75) is 26.7 Å². The van der Waals surface area contributed by atoms with E-state index >= 15 is 0 Å². The molecule has 18 heavy (non-hydrogen) atoms. The molecule has 0 atom stereocenters. The summed E-state index contributed by atoms with van der Waals surface area (Å²) in [5.74, 6) is 0.821. The molecule has 0 spiro atoms. The van der Waals surface area contributed by atoms with Gasteiger partial charge in [-0.25, -0.2) is 5.48 Å². The van der Waals surface area contributed by atoms with Crippen LogP contribution in [0.3, 0.4) is 0 Å². The van der Waals surface area contributed by atoms with E-state index in [2.05, 4.69) is 37.5 Å². The molecular weight excluding hydrogens is 222 g/mol. The van der Waals surface area contributed by atoms with Crippen molar-refractivity contribution in [1.82, 2.24) is 0 Å². The number of benzene rings is 2. The summed E-state index contributed by atoms with van der Waals surface area (Å²) < 4.78 is 0. The highest BCUT2D eigenvalue weighted by Crippen LogP contribution is 2.22. The summed E-state index contributed by atoms with van der Waals surface area (Å²) in [6.07, 6.45) is 2.05. The van der Waals surface area contributed by atoms with Crippen molar-refractivity contribution in [1.29, 1.82) is 0 Å². The van der Waals surface area contributed by atoms with Gasteiger partial charge in [0.15, 0.2) is 5.75 Å². The Labute approximate surface area is 109 Å². The second kappa shape index (κ2) is 6.10. The summed E-state index contributed by atoms with van der Waals surface area (Å²) in [7, 11) is 0. The van der Waals surface area contributed by atoms with E-state index in [4.69, 9.17) is 4.84 Å². The zero-order chi connectivity index (χ0) is 12.8. The van der Waals surface area contributed by atoms with Crippen molar-refractivity contribution < 1.29 is 4.84 Å². The molecule has 2 rings (SSSR count). The molecule has 0 aromatic heterocycles. The van der Waals surface area contributed by atoms with Crippen molar-refractivity contribution in [3.63, 3.8) is 0 Å². The average Bonchev–Trinajstić information content (AvgIpc) is 2.45. The zero-order valence-corrected chi connectivity index (χ0v) is 10.9. The molecule has 0 radical (unpaired) electrons. The number of anilines is 1. The molecule has 0 fully saturated rings. The fourth-order valence-electron chi connectivity index (χ4n) is 2.08. The van der Waals surface area contributed by atoms with Crippen molar-refractivity contribution in [3.05, 3.63) is 59.7 Å². The normalized spacial score (nSPS) is 10.1. The third-order valence-corrected chi connectivity index (χ3v) is 3.03. The maximum Gasteiger partial charge on any atom is 0.155 e. The quantitative estimate of drug-likeness (QED) is 0.791. The molecule has 0 saturated heterocycles. The van der Waals surface area contributed by atoms with Crippen molar-refractivity contribution in [2.24, 2.45) is 0 Å². The predicted molar refractivity (Wildman–Crippen MR) is 75.9 cm³/mol. The van der Waals surface area contributed by atoms with Gasteiger partial charge < -0.3 is 4.84 Å². The Morgan fingerprint density at radius 1 is 0.889 bits per heavy atom. The van der Waals surface area contributed by atoms with Crippen LogP contribution in [0.2, 0.25) is 0 Å². The molecule has 0 aliphatic heterocycles. The topological polar surface area (TPSA) is 21.3 Å². The SMILES string of the molecule is CCc1cccc(NOc2ccccc2)c1CC. The number of aryl methyl sites for hydroxylation is 1. The van der Waals surface area contributed by atoms with Gasteiger partial charge in [0.2, 0.25) is 0 Å². The van der Waals surface area contributed by atoms with Gasteiger partial charge in [0.1, 0.15) is 0 Å². The number of hydrogen-bond acceptors (Lipinski definition) is 2. The first-order chi connectivity index (χ1) is 8.85. The lowest BCUT2D eigenvalue weighted by Gasteiger charge is -2.14. The maximum atomic E-state index is 5.58. The van der Waals surface area contributed by atoms with Crippen molar-refractivity contribution in [2.75, 3.05) is 5.48 Å². The summed E-state index contributed by atoms with van der Waals surface area (Å²) in [5.41, 5.74) is 6.82. The first kappa shape index (κ1) is 12.5. The van der Waals surface area contributed by atoms with Crippen LogP contribution in [0.4, 0.5) is 5.69 Å². The Kier molecular flexibility index (Phi) is 4.24. The predicted octanol–water partition coefficient (Wildman–Crippen LogP) is 4.22. The van der Waals surface area contributed by atoms with E-state index in [1.54, 1.807) is 0 Å². The molecule has 2 aromatic carbocycles. The van der Waals surface area contributed by atoms with Gasteiger partial charge in [0, 0.05) is 0 Å². The molecule has 0 heterocycles. The van der Waals surface area contributed by atoms with E-state index in [1.165, 1.54) is 11.1 Å². The summed E-state index contributed by atoms with van der Waals surface area (Å²) in [6.45, 7) is 4.35. The van der Waals surface area contributed by atoms with Gasteiger partial charge >= 0.3 is 0 Å². The maximum absolute atomic E-state index is 5.58. The van der Waals surface area contributed by atoms with E-state index in [1.807, 2.05) is 30.3 Å². The highest BCUT2D eigenvalue weighted by atomic mass is 16.6. The highest BCUT2D eigenvalue weighted by molar-refractivity contribution is 5.54. The Hall–Kier alpha value is -1.96. The Balaban J connectivity index is 2.14. The average molecular weight is 241 g/mol. The second-order valence-electron chi connectivity index (χ2n) is 4.17. The Morgan fingerprint density at radius 3 is 2.33 bits per heavy atom. The first-order valence-corrected chi connectivity index (χ1v) is 6.43. The number of hydrogen-bond donors (Lipinski definition) is 1. The number of para-hydroxylation sites is 1. The van der Waals surface area contributed by atoms with E-state index in [0.717, 1.165) is 24.3 Å². The van der Waals surface area contributed by atoms with E-state index in [0.29, 0.717) is 0 Å². The smallest absolute Gasteiger partial charge is 0.155 e. The largest absolute Gasteiger partial charge is 0.382 e. The van der Waals surface area contributed by atoms with Crippen LogP contribution in [-0.2, 0) is 12.8 Å². The molecule has 0 aliphatic rings. The van der Waals surface area contributed by atoms with Crippen LogP contribution >= 0.6 is 0 Å². The summed E-state index contributed by atoms with van der Waals surface area (Å²) in [6, 6.07) is 16.1. The van der Waals surface area contributed by atoms with Gasteiger partial charge in [0.25, 0.3) is 0 Å². The van der Waals surface area contributed by atoms with Crippen LogP contribution in [0, 0.1) is 0 Å². The summed E-state index contributed by atoms with van der Waals surface area (Å²) >= 11 is 0. The third kappa shape index (κ3) is 2.83. The highest BCUT2D eigenvalue weighted by Gasteiger charge is 2.05. The molecule has 0 bridgehead atoms.